The van der Waals surface area contributed by atoms with Crippen molar-refractivity contribution in [1.82, 2.24) is 0 Å². The minimum atomic E-state index is -0.685. The Kier molecular flexibility index (Phi) is 3.12. The maximum atomic E-state index is 12.7. The third-order valence-electron chi connectivity index (χ3n) is 1.40. The summed E-state index contributed by atoms with van der Waals surface area (Å²) in [5, 5.41) is -0.117. The molecule has 2 nitrogen and oxygen atoms in total. The van der Waals surface area contributed by atoms with E-state index in [4.69, 9.17) is 23.2 Å². The third-order valence-corrected chi connectivity index (χ3v) is 1.99. The normalized spacial score (nSPS) is 9.85. The molecule has 1 rings (SSSR count). The van der Waals surface area contributed by atoms with E-state index < -0.39 is 11.8 Å². The number of rotatable bonds is 1. The average molecular weight is 223 g/mol. The van der Waals surface area contributed by atoms with Crippen LogP contribution in [0, 0.1) is 5.82 Å². The molecule has 0 saturated heterocycles. The summed E-state index contributed by atoms with van der Waals surface area (Å²) in [6, 6.07) is 2.00. The first-order chi connectivity index (χ1) is 6.06. The predicted molar refractivity (Wildman–Crippen MR) is 47.8 cm³/mol. The highest BCUT2D eigenvalue weighted by Gasteiger charge is 2.16. The van der Waals surface area contributed by atoms with Crippen LogP contribution in [0.2, 0.25) is 10.0 Å². The van der Waals surface area contributed by atoms with E-state index in [2.05, 4.69) is 4.74 Å². The van der Waals surface area contributed by atoms with E-state index in [9.17, 15) is 9.18 Å². The summed E-state index contributed by atoms with van der Waals surface area (Å²) in [7, 11) is 1.19. The fraction of sp³-hybridized carbons (Fsp3) is 0.125. The van der Waals surface area contributed by atoms with E-state index >= 15 is 0 Å². The summed E-state index contributed by atoms with van der Waals surface area (Å²) in [5.74, 6) is -1.28. The first-order valence-electron chi connectivity index (χ1n) is 3.29. The van der Waals surface area contributed by atoms with Crippen LogP contribution >= 0.6 is 23.2 Å². The van der Waals surface area contributed by atoms with E-state index in [1.54, 1.807) is 0 Å². The zero-order chi connectivity index (χ0) is 10.0. The van der Waals surface area contributed by atoms with Crippen molar-refractivity contribution in [1.29, 1.82) is 0 Å². The average Bonchev–Trinajstić information content (AvgIpc) is 2.02. The number of carbonyl (C=O) groups excluding carboxylic acids is 1. The molecule has 0 aliphatic rings. The molecule has 5 heteroatoms. The van der Waals surface area contributed by atoms with Gasteiger partial charge in [-0.15, -0.1) is 0 Å². The van der Waals surface area contributed by atoms with Crippen LogP contribution < -0.4 is 0 Å². The monoisotopic (exact) mass is 222 g/mol. The second kappa shape index (κ2) is 3.94. The number of methoxy groups -OCH3 is 1. The second-order valence-electron chi connectivity index (χ2n) is 2.24. The number of benzene rings is 1. The topological polar surface area (TPSA) is 26.3 Å². The first kappa shape index (κ1) is 10.3. The van der Waals surface area contributed by atoms with E-state index in [0.717, 1.165) is 12.1 Å². The number of hydrogen-bond acceptors (Lipinski definition) is 2. The molecule has 0 fully saturated rings. The molecular weight excluding hydrogens is 218 g/mol. The van der Waals surface area contributed by atoms with Crippen molar-refractivity contribution in [3.63, 3.8) is 0 Å². The fourth-order valence-corrected chi connectivity index (χ4v) is 1.45. The lowest BCUT2D eigenvalue weighted by Crippen LogP contribution is -2.03. The van der Waals surface area contributed by atoms with Gasteiger partial charge < -0.3 is 4.74 Å². The van der Waals surface area contributed by atoms with Crippen molar-refractivity contribution in [2.24, 2.45) is 0 Å². The predicted octanol–water partition coefficient (Wildman–Crippen LogP) is 2.92. The summed E-state index contributed by atoms with van der Waals surface area (Å²) in [5.41, 5.74) is -0.0211. The van der Waals surface area contributed by atoms with Crippen molar-refractivity contribution in [2.75, 3.05) is 7.11 Å². The van der Waals surface area contributed by atoms with E-state index in [-0.39, 0.29) is 15.6 Å². The van der Waals surface area contributed by atoms with Gasteiger partial charge in [0.1, 0.15) is 5.82 Å². The minimum absolute atomic E-state index is 0.0211. The first-order valence-corrected chi connectivity index (χ1v) is 4.04. The lowest BCUT2D eigenvalue weighted by atomic mass is 10.2. The molecule has 0 aliphatic carbocycles. The van der Waals surface area contributed by atoms with Gasteiger partial charge in [-0.25, -0.2) is 9.18 Å². The molecule has 0 saturated carbocycles. The van der Waals surface area contributed by atoms with E-state index in [1.807, 2.05) is 0 Å². The maximum absolute atomic E-state index is 12.7. The van der Waals surface area contributed by atoms with Crippen LogP contribution in [0.1, 0.15) is 10.4 Å². The standard InChI is InChI=1S/C8H5Cl2FO2/c1-13-8(12)7-5(9)2-4(11)3-6(7)10/h2-3H,1H3. The van der Waals surface area contributed by atoms with Crippen LogP contribution in [0.4, 0.5) is 4.39 Å². The molecule has 1 aromatic carbocycles. The van der Waals surface area contributed by atoms with Crippen LogP contribution in [-0.4, -0.2) is 13.1 Å². The molecule has 1 aromatic rings. The van der Waals surface area contributed by atoms with Crippen molar-refractivity contribution in [2.45, 2.75) is 0 Å². The van der Waals surface area contributed by atoms with Crippen LogP contribution in [0.3, 0.4) is 0 Å². The molecule has 13 heavy (non-hydrogen) atoms. The highest BCUT2D eigenvalue weighted by atomic mass is 35.5. The van der Waals surface area contributed by atoms with Crippen molar-refractivity contribution in [3.8, 4) is 0 Å². The smallest absolute Gasteiger partial charge is 0.340 e. The van der Waals surface area contributed by atoms with Gasteiger partial charge in [0.15, 0.2) is 0 Å². The van der Waals surface area contributed by atoms with Gasteiger partial charge in [0.25, 0.3) is 0 Å². The largest absolute Gasteiger partial charge is 0.465 e. The fourth-order valence-electron chi connectivity index (χ4n) is 0.839. The van der Waals surface area contributed by atoms with Gasteiger partial charge in [-0.2, -0.15) is 0 Å². The molecule has 0 aromatic heterocycles. The molecule has 0 N–H and O–H groups in total. The summed E-state index contributed by atoms with van der Waals surface area (Å²) in [4.78, 5) is 11.1. The molecule has 0 heterocycles. The zero-order valence-electron chi connectivity index (χ0n) is 6.61. The van der Waals surface area contributed by atoms with Crippen LogP contribution in [-0.2, 0) is 4.74 Å². The Labute approximate surface area is 84.2 Å². The summed E-state index contributed by atoms with van der Waals surface area (Å²) < 4.78 is 17.1. The summed E-state index contributed by atoms with van der Waals surface area (Å²) in [6.45, 7) is 0. The van der Waals surface area contributed by atoms with Gasteiger partial charge in [-0.05, 0) is 12.1 Å². The van der Waals surface area contributed by atoms with Gasteiger partial charge >= 0.3 is 5.97 Å². The van der Waals surface area contributed by atoms with Crippen LogP contribution in [0.15, 0.2) is 12.1 Å². The molecular formula is C8H5Cl2FO2. The van der Waals surface area contributed by atoms with E-state index in [0.29, 0.717) is 0 Å². The van der Waals surface area contributed by atoms with Gasteiger partial charge in [-0.1, -0.05) is 23.2 Å². The molecule has 0 bridgehead atoms. The van der Waals surface area contributed by atoms with Crippen molar-refractivity contribution < 1.29 is 13.9 Å². The highest BCUT2D eigenvalue weighted by molar-refractivity contribution is 6.39. The maximum Gasteiger partial charge on any atom is 0.340 e. The third kappa shape index (κ3) is 2.11. The number of hydrogen-bond donors (Lipinski definition) is 0. The van der Waals surface area contributed by atoms with Gasteiger partial charge in [0.2, 0.25) is 0 Å². The van der Waals surface area contributed by atoms with Gasteiger partial charge in [0.05, 0.1) is 22.7 Å². The van der Waals surface area contributed by atoms with Crippen LogP contribution in [0.5, 0.6) is 0 Å². The summed E-state index contributed by atoms with van der Waals surface area (Å²) >= 11 is 11.2. The molecule has 0 radical (unpaired) electrons. The molecule has 0 unspecified atom stereocenters. The SMILES string of the molecule is COC(=O)c1c(Cl)cc(F)cc1Cl. The van der Waals surface area contributed by atoms with Gasteiger partial charge in [0, 0.05) is 0 Å². The number of esters is 1. The summed E-state index contributed by atoms with van der Waals surface area (Å²) in [6.07, 6.45) is 0. The molecule has 0 spiro atoms. The lowest BCUT2D eigenvalue weighted by Gasteiger charge is -2.04. The van der Waals surface area contributed by atoms with E-state index in [1.165, 1.54) is 7.11 Å². The minimum Gasteiger partial charge on any atom is -0.465 e. The Morgan fingerprint density at radius 1 is 1.38 bits per heavy atom. The second-order valence-corrected chi connectivity index (χ2v) is 3.05. The number of carbonyl (C=O) groups is 1. The highest BCUT2D eigenvalue weighted by Crippen LogP contribution is 2.26. The molecule has 0 atom stereocenters. The number of halogens is 3. The van der Waals surface area contributed by atoms with Gasteiger partial charge in [-0.3, -0.25) is 0 Å². The Morgan fingerprint density at radius 2 is 1.85 bits per heavy atom. The Balaban J connectivity index is 3.28. The Morgan fingerprint density at radius 3 is 2.23 bits per heavy atom. The zero-order valence-corrected chi connectivity index (χ0v) is 8.12. The Bertz CT molecular complexity index is 329. The molecule has 0 aliphatic heterocycles. The molecule has 0 amide bonds. The van der Waals surface area contributed by atoms with Crippen molar-refractivity contribution >= 4 is 29.2 Å². The van der Waals surface area contributed by atoms with Crippen molar-refractivity contribution in [3.05, 3.63) is 33.6 Å². The quantitative estimate of drug-likeness (QED) is 0.684. The number of ether oxygens (including phenoxy) is 1. The van der Waals surface area contributed by atoms with Crippen LogP contribution in [0.25, 0.3) is 0 Å². The molecule has 70 valence electrons. The lowest BCUT2D eigenvalue weighted by molar-refractivity contribution is 0.0601. The Hall–Kier alpha value is -0.800.